The van der Waals surface area contributed by atoms with Crippen LogP contribution >= 0.6 is 22.9 Å². The van der Waals surface area contributed by atoms with E-state index in [9.17, 15) is 4.79 Å². The van der Waals surface area contributed by atoms with E-state index in [-0.39, 0.29) is 5.91 Å². The number of rotatable bonds is 11. The summed E-state index contributed by atoms with van der Waals surface area (Å²) in [5, 5.41) is 6.62. The van der Waals surface area contributed by atoms with Crippen molar-refractivity contribution in [3.8, 4) is 0 Å². The van der Waals surface area contributed by atoms with E-state index in [0.717, 1.165) is 42.4 Å². The molecule has 1 amide bonds. The maximum Gasteiger partial charge on any atom is 0.270 e. The zero-order valence-corrected chi connectivity index (χ0v) is 21.7. The molecule has 1 heterocycles. The summed E-state index contributed by atoms with van der Waals surface area (Å²) in [4.78, 5) is 19.5. The Bertz CT molecular complexity index is 1220. The van der Waals surface area contributed by atoms with Crippen molar-refractivity contribution in [3.05, 3.63) is 123 Å². The fourth-order valence-electron chi connectivity index (χ4n) is 4.44. The van der Waals surface area contributed by atoms with E-state index in [1.54, 1.807) is 11.3 Å². The maximum atomic E-state index is 12.5. The molecule has 0 unspecified atom stereocenters. The monoisotopic (exact) mass is 515 g/mol. The summed E-state index contributed by atoms with van der Waals surface area (Å²) in [5.41, 5.74) is 4.38. The van der Waals surface area contributed by atoms with Gasteiger partial charge in [0, 0.05) is 28.9 Å². The van der Waals surface area contributed by atoms with Gasteiger partial charge in [-0.25, -0.2) is 4.98 Å². The van der Waals surface area contributed by atoms with Crippen molar-refractivity contribution in [2.24, 2.45) is 0 Å². The van der Waals surface area contributed by atoms with Crippen LogP contribution in [-0.4, -0.2) is 28.4 Å². The van der Waals surface area contributed by atoms with Gasteiger partial charge < -0.3 is 5.32 Å². The van der Waals surface area contributed by atoms with Gasteiger partial charge in [0.05, 0.1) is 6.54 Å². The molecule has 4 nitrogen and oxygen atoms in total. The molecule has 0 saturated heterocycles. The Labute approximate surface area is 222 Å². The van der Waals surface area contributed by atoms with Gasteiger partial charge in [0.1, 0.15) is 10.7 Å². The third kappa shape index (κ3) is 6.82. The Morgan fingerprint density at radius 3 is 2.19 bits per heavy atom. The summed E-state index contributed by atoms with van der Waals surface area (Å²) >= 11 is 7.69. The first-order chi connectivity index (χ1) is 17.6. The molecular formula is C30H30ClN3OS. The molecule has 4 aromatic rings. The number of thiazole rings is 1. The van der Waals surface area contributed by atoms with Crippen LogP contribution in [0.15, 0.2) is 90.3 Å². The summed E-state index contributed by atoms with van der Waals surface area (Å²) in [7, 11) is 0. The number of carbonyl (C=O) groups is 1. The van der Waals surface area contributed by atoms with Gasteiger partial charge in [0.25, 0.3) is 5.91 Å². The number of benzene rings is 3. The van der Waals surface area contributed by atoms with Crippen molar-refractivity contribution in [2.75, 3.05) is 6.54 Å². The van der Waals surface area contributed by atoms with Crippen molar-refractivity contribution >= 4 is 28.8 Å². The highest BCUT2D eigenvalue weighted by Gasteiger charge is 2.25. The molecule has 0 spiro atoms. The molecule has 1 aromatic heterocycles. The predicted octanol–water partition coefficient (Wildman–Crippen LogP) is 6.91. The van der Waals surface area contributed by atoms with Crippen LogP contribution in [0.4, 0.5) is 0 Å². The third-order valence-corrected chi connectivity index (χ3v) is 7.60. The third-order valence-electron chi connectivity index (χ3n) is 6.51. The molecule has 0 atom stereocenters. The van der Waals surface area contributed by atoms with Crippen LogP contribution in [0.3, 0.4) is 0 Å². The van der Waals surface area contributed by atoms with Crippen LogP contribution in [0.25, 0.3) is 0 Å². The second-order valence-corrected chi connectivity index (χ2v) is 10.8. The minimum absolute atomic E-state index is 0.0579. The van der Waals surface area contributed by atoms with Crippen molar-refractivity contribution < 1.29 is 4.79 Å². The van der Waals surface area contributed by atoms with Gasteiger partial charge in [-0.05, 0) is 54.6 Å². The van der Waals surface area contributed by atoms with E-state index in [2.05, 4.69) is 88.0 Å². The van der Waals surface area contributed by atoms with Crippen LogP contribution < -0.4 is 5.32 Å². The first-order valence-electron chi connectivity index (χ1n) is 12.5. The largest absolute Gasteiger partial charge is 0.348 e. The number of nitrogens with zero attached hydrogens (tertiary/aromatic N) is 2. The normalized spacial score (nSPS) is 13.3. The second kappa shape index (κ2) is 11.8. The van der Waals surface area contributed by atoms with E-state index in [1.165, 1.54) is 16.7 Å². The fraction of sp³-hybridized carbons (Fsp3) is 0.267. The molecule has 36 heavy (non-hydrogen) atoms. The standard InChI is InChI=1S/C30H30ClN3OS/c31-25-13-11-22(12-14-25)19-34(20-29-33-28(21-36-29)30(35)32-26-15-16-26)18-17-27(23-7-3-1-4-8-23)24-9-5-2-6-10-24/h1-14,21,26-27H,15-20H2,(H,32,35). The SMILES string of the molecule is O=C(NC1CC1)c1csc(CN(CCC(c2ccccc2)c2ccccc2)Cc2ccc(Cl)cc2)n1. The van der Waals surface area contributed by atoms with Crippen LogP contribution in [0.2, 0.25) is 5.02 Å². The molecule has 1 aliphatic carbocycles. The van der Waals surface area contributed by atoms with Crippen LogP contribution in [-0.2, 0) is 13.1 Å². The molecule has 1 aliphatic rings. The lowest BCUT2D eigenvalue weighted by Gasteiger charge is -2.25. The Morgan fingerprint density at radius 1 is 0.944 bits per heavy atom. The zero-order valence-electron chi connectivity index (χ0n) is 20.1. The summed E-state index contributed by atoms with van der Waals surface area (Å²) in [6.07, 6.45) is 3.12. The highest BCUT2D eigenvalue weighted by atomic mass is 35.5. The molecule has 6 heteroatoms. The van der Waals surface area contributed by atoms with E-state index in [0.29, 0.717) is 24.2 Å². The van der Waals surface area contributed by atoms with E-state index in [1.807, 2.05) is 17.5 Å². The second-order valence-electron chi connectivity index (χ2n) is 9.37. The molecule has 0 radical (unpaired) electrons. The summed E-state index contributed by atoms with van der Waals surface area (Å²) < 4.78 is 0. The Balaban J connectivity index is 1.33. The summed E-state index contributed by atoms with van der Waals surface area (Å²) in [6, 6.07) is 29.8. The number of hydrogen-bond acceptors (Lipinski definition) is 4. The fourth-order valence-corrected chi connectivity index (χ4v) is 5.38. The number of carbonyl (C=O) groups excluding carboxylic acids is 1. The van der Waals surface area contributed by atoms with Crippen LogP contribution in [0, 0.1) is 0 Å². The molecule has 3 aromatic carbocycles. The molecule has 0 aliphatic heterocycles. The summed E-state index contributed by atoms with van der Waals surface area (Å²) in [6.45, 7) is 2.37. The van der Waals surface area contributed by atoms with Gasteiger partial charge in [-0.1, -0.05) is 84.4 Å². The van der Waals surface area contributed by atoms with Crippen LogP contribution in [0.1, 0.15) is 57.4 Å². The van der Waals surface area contributed by atoms with Crippen molar-refractivity contribution in [1.29, 1.82) is 0 Å². The molecule has 1 fully saturated rings. The van der Waals surface area contributed by atoms with Gasteiger partial charge in [0.15, 0.2) is 0 Å². The van der Waals surface area contributed by atoms with E-state index in [4.69, 9.17) is 11.6 Å². The van der Waals surface area contributed by atoms with Gasteiger partial charge in [-0.15, -0.1) is 11.3 Å². The van der Waals surface area contributed by atoms with Crippen molar-refractivity contribution in [2.45, 2.75) is 44.3 Å². The van der Waals surface area contributed by atoms with Gasteiger partial charge in [-0.3, -0.25) is 9.69 Å². The molecule has 184 valence electrons. The lowest BCUT2D eigenvalue weighted by atomic mass is 9.88. The predicted molar refractivity (Wildman–Crippen MR) is 148 cm³/mol. The van der Waals surface area contributed by atoms with Gasteiger partial charge in [0.2, 0.25) is 0 Å². The maximum absolute atomic E-state index is 12.5. The number of amides is 1. The number of halogens is 1. The molecule has 1 saturated carbocycles. The highest BCUT2D eigenvalue weighted by Crippen LogP contribution is 2.29. The summed E-state index contributed by atoms with van der Waals surface area (Å²) in [5.74, 6) is 0.244. The lowest BCUT2D eigenvalue weighted by Crippen LogP contribution is -2.27. The smallest absolute Gasteiger partial charge is 0.270 e. The quantitative estimate of drug-likeness (QED) is 0.236. The molecule has 1 N–H and O–H groups in total. The number of nitrogens with one attached hydrogen (secondary N) is 1. The van der Waals surface area contributed by atoms with Crippen molar-refractivity contribution in [3.63, 3.8) is 0 Å². The highest BCUT2D eigenvalue weighted by molar-refractivity contribution is 7.09. The minimum atomic E-state index is -0.0579. The Hall–Kier alpha value is -2.99. The van der Waals surface area contributed by atoms with E-state index < -0.39 is 0 Å². The zero-order chi connectivity index (χ0) is 24.7. The minimum Gasteiger partial charge on any atom is -0.348 e. The molecular weight excluding hydrogens is 486 g/mol. The lowest BCUT2D eigenvalue weighted by molar-refractivity contribution is 0.0946. The molecule has 0 bridgehead atoms. The van der Waals surface area contributed by atoms with Crippen LogP contribution in [0.5, 0.6) is 0 Å². The first-order valence-corrected chi connectivity index (χ1v) is 13.7. The average molecular weight is 516 g/mol. The van der Waals surface area contributed by atoms with Gasteiger partial charge in [-0.2, -0.15) is 0 Å². The average Bonchev–Trinajstić information content (AvgIpc) is 3.60. The van der Waals surface area contributed by atoms with E-state index >= 15 is 0 Å². The Kier molecular flexibility index (Phi) is 8.11. The number of hydrogen-bond donors (Lipinski definition) is 1. The molecule has 5 rings (SSSR count). The topological polar surface area (TPSA) is 45.2 Å². The van der Waals surface area contributed by atoms with Gasteiger partial charge >= 0.3 is 0 Å². The number of aromatic nitrogens is 1. The van der Waals surface area contributed by atoms with Crippen molar-refractivity contribution in [1.82, 2.24) is 15.2 Å². The first kappa shape index (κ1) is 24.7. The Morgan fingerprint density at radius 2 is 1.58 bits per heavy atom.